The summed E-state index contributed by atoms with van der Waals surface area (Å²) in [4.78, 5) is 23.9. The number of hydrogen-bond acceptors (Lipinski definition) is 2. The van der Waals surface area contributed by atoms with Crippen molar-refractivity contribution >= 4 is 11.8 Å². The maximum atomic E-state index is 11.3. The summed E-state index contributed by atoms with van der Waals surface area (Å²) in [5.41, 5.74) is 5.14. The molecule has 1 heterocycles. The quantitative estimate of drug-likeness (QED) is 0.669. The van der Waals surface area contributed by atoms with Gasteiger partial charge < -0.3 is 10.6 Å². The topological polar surface area (TPSA) is 63.4 Å². The highest BCUT2D eigenvalue weighted by Gasteiger charge is 2.32. The lowest BCUT2D eigenvalue weighted by molar-refractivity contribution is -0.128. The highest BCUT2D eigenvalue weighted by Crippen LogP contribution is 2.18. The van der Waals surface area contributed by atoms with Crippen LogP contribution in [0.1, 0.15) is 20.3 Å². The van der Waals surface area contributed by atoms with Crippen molar-refractivity contribution < 1.29 is 9.59 Å². The molecule has 1 aliphatic heterocycles. The van der Waals surface area contributed by atoms with Gasteiger partial charge in [-0.2, -0.15) is 0 Å². The molecule has 1 rings (SSSR count). The highest BCUT2D eigenvalue weighted by atomic mass is 16.2. The Hall–Kier alpha value is -1.06. The smallest absolute Gasteiger partial charge is 0.223 e. The minimum absolute atomic E-state index is 0.0532. The number of hydrogen-bond donors (Lipinski definition) is 1. The molecule has 0 spiro atoms. The summed E-state index contributed by atoms with van der Waals surface area (Å²) in [6.07, 6.45) is 0.294. The Kier molecular flexibility index (Phi) is 2.90. The monoisotopic (exact) mass is 184 g/mol. The first-order valence-electron chi connectivity index (χ1n) is 4.57. The first kappa shape index (κ1) is 10.0. The van der Waals surface area contributed by atoms with Gasteiger partial charge in [-0.3, -0.25) is 9.59 Å². The molecular weight excluding hydrogens is 168 g/mol. The summed E-state index contributed by atoms with van der Waals surface area (Å²) in [7, 11) is 0. The van der Waals surface area contributed by atoms with Crippen molar-refractivity contribution in [3.8, 4) is 0 Å². The Morgan fingerprint density at radius 1 is 1.69 bits per heavy atom. The lowest BCUT2D eigenvalue weighted by atomic mass is 10.1. The number of primary amides is 1. The normalized spacial score (nSPS) is 22.8. The van der Waals surface area contributed by atoms with Gasteiger partial charge in [0.15, 0.2) is 0 Å². The van der Waals surface area contributed by atoms with E-state index in [4.69, 9.17) is 5.73 Å². The molecule has 0 aliphatic carbocycles. The standard InChI is InChI=1S/C9H16N2O2/c1-6(2)4-11-5-7(9(10)13)3-8(11)12/h6-7H,3-5H2,1-2H3,(H2,10,13). The molecule has 0 aromatic rings. The second-order valence-electron chi connectivity index (χ2n) is 4.00. The van der Waals surface area contributed by atoms with Crippen LogP contribution < -0.4 is 5.73 Å². The van der Waals surface area contributed by atoms with Crippen LogP contribution >= 0.6 is 0 Å². The van der Waals surface area contributed by atoms with Gasteiger partial charge in [0.25, 0.3) is 0 Å². The van der Waals surface area contributed by atoms with Crippen molar-refractivity contribution in [3.63, 3.8) is 0 Å². The molecule has 4 heteroatoms. The molecule has 1 unspecified atom stereocenters. The van der Waals surface area contributed by atoms with Gasteiger partial charge in [0, 0.05) is 19.5 Å². The largest absolute Gasteiger partial charge is 0.369 e. The van der Waals surface area contributed by atoms with E-state index in [9.17, 15) is 9.59 Å². The Balaban J connectivity index is 2.51. The molecule has 2 amide bonds. The minimum Gasteiger partial charge on any atom is -0.369 e. The van der Waals surface area contributed by atoms with Gasteiger partial charge in [-0.1, -0.05) is 13.8 Å². The van der Waals surface area contributed by atoms with Crippen LogP contribution in [0.2, 0.25) is 0 Å². The van der Waals surface area contributed by atoms with Crippen LogP contribution in [0.5, 0.6) is 0 Å². The fourth-order valence-electron chi connectivity index (χ4n) is 1.58. The molecule has 4 nitrogen and oxygen atoms in total. The molecule has 1 atom stereocenters. The second kappa shape index (κ2) is 3.77. The SMILES string of the molecule is CC(C)CN1CC(C(N)=O)CC1=O. The third kappa shape index (κ3) is 2.44. The molecule has 1 saturated heterocycles. The van der Waals surface area contributed by atoms with Crippen LogP contribution in [0, 0.1) is 11.8 Å². The van der Waals surface area contributed by atoms with E-state index in [-0.39, 0.29) is 17.7 Å². The fourth-order valence-corrected chi connectivity index (χ4v) is 1.58. The third-order valence-electron chi connectivity index (χ3n) is 2.20. The number of carbonyl (C=O) groups is 2. The number of likely N-dealkylation sites (tertiary alicyclic amines) is 1. The van der Waals surface area contributed by atoms with Crippen molar-refractivity contribution in [1.29, 1.82) is 0 Å². The first-order valence-corrected chi connectivity index (χ1v) is 4.57. The van der Waals surface area contributed by atoms with E-state index >= 15 is 0 Å². The van der Waals surface area contributed by atoms with Crippen LogP contribution in [0.4, 0.5) is 0 Å². The van der Waals surface area contributed by atoms with Crippen LogP contribution in [0.3, 0.4) is 0 Å². The summed E-state index contributed by atoms with van der Waals surface area (Å²) in [5.74, 6) is -0.140. The third-order valence-corrected chi connectivity index (χ3v) is 2.20. The molecule has 0 aromatic carbocycles. The molecule has 0 bridgehead atoms. The van der Waals surface area contributed by atoms with Gasteiger partial charge >= 0.3 is 0 Å². The molecule has 1 aliphatic rings. The number of amides is 2. The highest BCUT2D eigenvalue weighted by molar-refractivity contribution is 5.88. The van der Waals surface area contributed by atoms with E-state index in [2.05, 4.69) is 0 Å². The van der Waals surface area contributed by atoms with Gasteiger partial charge in [0.2, 0.25) is 11.8 Å². The maximum absolute atomic E-state index is 11.3. The average molecular weight is 184 g/mol. The molecule has 0 aromatic heterocycles. The lowest BCUT2D eigenvalue weighted by Crippen LogP contribution is -2.31. The Morgan fingerprint density at radius 2 is 2.31 bits per heavy atom. The number of rotatable bonds is 3. The van der Waals surface area contributed by atoms with Crippen LogP contribution in [0.25, 0.3) is 0 Å². The molecule has 0 radical (unpaired) electrons. The number of nitrogens with two attached hydrogens (primary N) is 1. The van der Waals surface area contributed by atoms with Crippen LogP contribution in [-0.2, 0) is 9.59 Å². The van der Waals surface area contributed by atoms with E-state index in [1.54, 1.807) is 4.90 Å². The van der Waals surface area contributed by atoms with Gasteiger partial charge in [-0.25, -0.2) is 0 Å². The predicted molar refractivity (Wildman–Crippen MR) is 48.7 cm³/mol. The van der Waals surface area contributed by atoms with Gasteiger partial charge in [0.1, 0.15) is 0 Å². The zero-order chi connectivity index (χ0) is 10.0. The molecule has 1 fully saturated rings. The minimum atomic E-state index is -0.361. The summed E-state index contributed by atoms with van der Waals surface area (Å²) in [6.45, 7) is 5.32. The summed E-state index contributed by atoms with van der Waals surface area (Å²) < 4.78 is 0. The zero-order valence-corrected chi connectivity index (χ0v) is 8.12. The Morgan fingerprint density at radius 3 is 2.69 bits per heavy atom. The van der Waals surface area contributed by atoms with Gasteiger partial charge in [-0.05, 0) is 5.92 Å². The van der Waals surface area contributed by atoms with Crippen LogP contribution in [0.15, 0.2) is 0 Å². The molecule has 74 valence electrons. The lowest BCUT2D eigenvalue weighted by Gasteiger charge is -2.18. The molecule has 2 N–H and O–H groups in total. The Bertz CT molecular complexity index is 226. The van der Waals surface area contributed by atoms with Crippen molar-refractivity contribution in [2.45, 2.75) is 20.3 Å². The van der Waals surface area contributed by atoms with E-state index < -0.39 is 0 Å². The first-order chi connectivity index (χ1) is 6.00. The molecule has 0 saturated carbocycles. The number of carbonyl (C=O) groups excluding carboxylic acids is 2. The summed E-state index contributed by atoms with van der Waals surface area (Å²) in [6, 6.07) is 0. The predicted octanol–water partition coefficient (Wildman–Crippen LogP) is -0.0238. The zero-order valence-electron chi connectivity index (χ0n) is 8.12. The molecule has 13 heavy (non-hydrogen) atoms. The van der Waals surface area contributed by atoms with Gasteiger partial charge in [-0.15, -0.1) is 0 Å². The van der Waals surface area contributed by atoms with E-state index in [0.717, 1.165) is 6.54 Å². The summed E-state index contributed by atoms with van der Waals surface area (Å²) in [5, 5.41) is 0. The van der Waals surface area contributed by atoms with E-state index in [1.807, 2.05) is 13.8 Å². The van der Waals surface area contributed by atoms with Crippen LogP contribution in [-0.4, -0.2) is 29.8 Å². The fraction of sp³-hybridized carbons (Fsp3) is 0.778. The second-order valence-corrected chi connectivity index (χ2v) is 4.00. The van der Waals surface area contributed by atoms with Crippen molar-refractivity contribution in [2.75, 3.05) is 13.1 Å². The van der Waals surface area contributed by atoms with E-state index in [0.29, 0.717) is 18.9 Å². The van der Waals surface area contributed by atoms with Crippen molar-refractivity contribution in [3.05, 3.63) is 0 Å². The van der Waals surface area contributed by atoms with Crippen molar-refractivity contribution in [1.82, 2.24) is 4.90 Å². The number of nitrogens with zero attached hydrogens (tertiary/aromatic N) is 1. The molecular formula is C9H16N2O2. The average Bonchev–Trinajstić information content (AvgIpc) is 2.31. The van der Waals surface area contributed by atoms with Gasteiger partial charge in [0.05, 0.1) is 5.92 Å². The maximum Gasteiger partial charge on any atom is 0.223 e. The summed E-state index contributed by atoms with van der Waals surface area (Å²) >= 11 is 0. The Labute approximate surface area is 78.1 Å². The van der Waals surface area contributed by atoms with Crippen molar-refractivity contribution in [2.24, 2.45) is 17.6 Å². The van der Waals surface area contributed by atoms with E-state index in [1.165, 1.54) is 0 Å².